The van der Waals surface area contributed by atoms with E-state index in [0.29, 0.717) is 0 Å². The maximum atomic E-state index is 6.03. The van der Waals surface area contributed by atoms with Crippen LogP contribution < -0.4 is 10.5 Å². The van der Waals surface area contributed by atoms with Gasteiger partial charge in [0.05, 0.1) is 16.6 Å². The summed E-state index contributed by atoms with van der Waals surface area (Å²) in [6, 6.07) is 5.88. The topological polar surface area (TPSA) is 48.1 Å². The monoisotopic (exact) mass is 326 g/mol. The Morgan fingerprint density at radius 1 is 1.44 bits per heavy atom. The fourth-order valence-electron chi connectivity index (χ4n) is 1.72. The van der Waals surface area contributed by atoms with Crippen LogP contribution in [-0.2, 0) is 6.42 Å². The molecule has 0 radical (unpaired) electrons. The van der Waals surface area contributed by atoms with Crippen molar-refractivity contribution in [3.8, 4) is 17.0 Å². The molecule has 0 saturated heterocycles. The first-order chi connectivity index (χ1) is 8.65. The van der Waals surface area contributed by atoms with Crippen LogP contribution in [0.25, 0.3) is 11.3 Å². The summed E-state index contributed by atoms with van der Waals surface area (Å²) < 4.78 is 6.12. The Labute approximate surface area is 119 Å². The third-order valence-corrected chi connectivity index (χ3v) is 4.15. The highest BCUT2D eigenvalue weighted by molar-refractivity contribution is 9.10. The van der Waals surface area contributed by atoms with Crippen molar-refractivity contribution in [1.29, 1.82) is 0 Å². The highest BCUT2D eigenvalue weighted by Crippen LogP contribution is 2.35. The number of nitrogen functional groups attached to an aromatic ring is 1. The second kappa shape index (κ2) is 5.71. The van der Waals surface area contributed by atoms with Crippen LogP contribution in [0, 0.1) is 0 Å². The number of halogens is 1. The van der Waals surface area contributed by atoms with Gasteiger partial charge >= 0.3 is 0 Å². The van der Waals surface area contributed by atoms with E-state index in [-0.39, 0.29) is 0 Å². The molecule has 2 aromatic rings. The summed E-state index contributed by atoms with van der Waals surface area (Å²) in [6.07, 6.45) is 2.06. The van der Waals surface area contributed by atoms with Gasteiger partial charge in [-0.15, -0.1) is 11.3 Å². The number of aromatic nitrogens is 1. The molecule has 3 nitrogen and oxygen atoms in total. The number of methoxy groups -OCH3 is 1. The van der Waals surface area contributed by atoms with Crippen molar-refractivity contribution in [2.75, 3.05) is 12.8 Å². The zero-order chi connectivity index (χ0) is 13.1. The number of nitrogens with zero attached hydrogens (tertiary/aromatic N) is 1. The van der Waals surface area contributed by atoms with Crippen LogP contribution in [0.2, 0.25) is 0 Å². The second-order valence-corrected chi connectivity index (χ2v) is 5.89. The van der Waals surface area contributed by atoms with E-state index in [4.69, 9.17) is 10.5 Å². The lowest BCUT2D eigenvalue weighted by atomic mass is 10.1. The molecule has 0 aliphatic carbocycles. The molecule has 0 amide bonds. The summed E-state index contributed by atoms with van der Waals surface area (Å²) in [5.74, 6) is 0.807. The third kappa shape index (κ3) is 2.67. The highest BCUT2D eigenvalue weighted by atomic mass is 79.9. The number of ether oxygens (including phenoxy) is 1. The van der Waals surface area contributed by atoms with Crippen molar-refractivity contribution in [1.82, 2.24) is 4.98 Å². The molecule has 1 heterocycles. The van der Waals surface area contributed by atoms with Crippen LogP contribution in [0.1, 0.15) is 18.4 Å². The molecular formula is C13H15BrN2OS. The zero-order valence-electron chi connectivity index (χ0n) is 10.4. The average Bonchev–Trinajstić information content (AvgIpc) is 2.71. The Morgan fingerprint density at radius 2 is 2.22 bits per heavy atom. The first-order valence-electron chi connectivity index (χ1n) is 5.74. The van der Waals surface area contributed by atoms with E-state index in [9.17, 15) is 0 Å². The Hall–Kier alpha value is -1.07. The highest BCUT2D eigenvalue weighted by Gasteiger charge is 2.11. The van der Waals surface area contributed by atoms with Gasteiger partial charge in [0.1, 0.15) is 16.4 Å². The predicted molar refractivity (Wildman–Crippen MR) is 80.2 cm³/mol. The maximum Gasteiger partial charge on any atom is 0.133 e. The molecule has 0 bridgehead atoms. The molecule has 0 fully saturated rings. The standard InChI is InChI=1S/C13H15BrN2OS/c1-3-4-11-16-12(13(15)18-11)8-5-6-10(17-2)9(14)7-8/h5-7H,3-4,15H2,1-2H3. The summed E-state index contributed by atoms with van der Waals surface area (Å²) in [7, 11) is 1.65. The Kier molecular flexibility index (Phi) is 4.24. The van der Waals surface area contributed by atoms with Crippen LogP contribution in [0.3, 0.4) is 0 Å². The lowest BCUT2D eigenvalue weighted by molar-refractivity contribution is 0.412. The predicted octanol–water partition coefficient (Wildman–Crippen LogP) is 4.12. The normalized spacial score (nSPS) is 10.6. The molecule has 2 N–H and O–H groups in total. The largest absolute Gasteiger partial charge is 0.496 e. The van der Waals surface area contributed by atoms with E-state index in [1.807, 2.05) is 18.2 Å². The van der Waals surface area contributed by atoms with Gasteiger partial charge in [-0.25, -0.2) is 4.98 Å². The van der Waals surface area contributed by atoms with E-state index in [2.05, 4.69) is 27.8 Å². The summed E-state index contributed by atoms with van der Waals surface area (Å²) in [6.45, 7) is 2.14. The van der Waals surface area contributed by atoms with Gasteiger partial charge < -0.3 is 10.5 Å². The van der Waals surface area contributed by atoms with Crippen molar-refractivity contribution in [3.05, 3.63) is 27.7 Å². The van der Waals surface area contributed by atoms with Gasteiger partial charge in [-0.3, -0.25) is 0 Å². The Balaban J connectivity index is 2.39. The van der Waals surface area contributed by atoms with E-state index >= 15 is 0 Å². The van der Waals surface area contributed by atoms with Crippen molar-refractivity contribution in [3.63, 3.8) is 0 Å². The molecule has 5 heteroatoms. The number of nitrogens with two attached hydrogens (primary N) is 1. The van der Waals surface area contributed by atoms with Crippen molar-refractivity contribution >= 4 is 32.3 Å². The molecule has 0 aliphatic heterocycles. The van der Waals surface area contributed by atoms with Gasteiger partial charge in [0.15, 0.2) is 0 Å². The third-order valence-electron chi connectivity index (χ3n) is 2.59. The molecule has 1 aromatic heterocycles. The first kappa shape index (κ1) is 13.4. The molecular weight excluding hydrogens is 312 g/mol. The fraction of sp³-hybridized carbons (Fsp3) is 0.308. The van der Waals surface area contributed by atoms with Gasteiger partial charge in [-0.1, -0.05) is 6.92 Å². The lowest BCUT2D eigenvalue weighted by Gasteiger charge is -2.05. The first-order valence-corrected chi connectivity index (χ1v) is 7.35. The van der Waals surface area contributed by atoms with E-state index in [1.54, 1.807) is 18.4 Å². The van der Waals surface area contributed by atoms with E-state index in [1.165, 1.54) is 0 Å². The number of hydrogen-bond donors (Lipinski definition) is 1. The van der Waals surface area contributed by atoms with E-state index < -0.39 is 0 Å². The van der Waals surface area contributed by atoms with E-state index in [0.717, 1.165) is 44.3 Å². The number of thiazole rings is 1. The second-order valence-electron chi connectivity index (χ2n) is 3.92. The molecule has 18 heavy (non-hydrogen) atoms. The number of anilines is 1. The molecule has 1 aromatic carbocycles. The van der Waals surface area contributed by atoms with Gasteiger partial charge in [-0.2, -0.15) is 0 Å². The summed E-state index contributed by atoms with van der Waals surface area (Å²) in [5.41, 5.74) is 7.91. The number of aryl methyl sites for hydroxylation is 1. The van der Waals surface area contributed by atoms with Crippen molar-refractivity contribution < 1.29 is 4.74 Å². The maximum absolute atomic E-state index is 6.03. The molecule has 0 saturated carbocycles. The van der Waals surface area contributed by atoms with Gasteiger partial charge in [0.2, 0.25) is 0 Å². The zero-order valence-corrected chi connectivity index (χ0v) is 12.8. The van der Waals surface area contributed by atoms with Crippen LogP contribution in [-0.4, -0.2) is 12.1 Å². The molecule has 0 atom stereocenters. The van der Waals surface area contributed by atoms with Crippen LogP contribution in [0.4, 0.5) is 5.00 Å². The number of rotatable bonds is 4. The lowest BCUT2D eigenvalue weighted by Crippen LogP contribution is -1.89. The van der Waals surface area contributed by atoms with Crippen molar-refractivity contribution in [2.45, 2.75) is 19.8 Å². The SMILES string of the molecule is CCCc1nc(-c2ccc(OC)c(Br)c2)c(N)s1. The number of benzene rings is 1. The minimum absolute atomic E-state index is 0.774. The molecule has 0 aliphatic rings. The van der Waals surface area contributed by atoms with Crippen LogP contribution in [0.5, 0.6) is 5.75 Å². The fourth-order valence-corrected chi connectivity index (χ4v) is 3.22. The quantitative estimate of drug-likeness (QED) is 0.919. The van der Waals surface area contributed by atoms with Gasteiger partial charge in [-0.05, 0) is 47.0 Å². The Morgan fingerprint density at radius 3 is 2.83 bits per heavy atom. The van der Waals surface area contributed by atoms with Gasteiger partial charge in [0.25, 0.3) is 0 Å². The van der Waals surface area contributed by atoms with Crippen molar-refractivity contribution in [2.24, 2.45) is 0 Å². The molecule has 96 valence electrons. The minimum atomic E-state index is 0.774. The van der Waals surface area contributed by atoms with Crippen LogP contribution in [0.15, 0.2) is 22.7 Å². The smallest absolute Gasteiger partial charge is 0.133 e. The average molecular weight is 327 g/mol. The summed E-state index contributed by atoms with van der Waals surface area (Å²) in [4.78, 5) is 4.60. The molecule has 2 rings (SSSR count). The Bertz CT molecular complexity index is 554. The van der Waals surface area contributed by atoms with Crippen LogP contribution >= 0.6 is 27.3 Å². The molecule has 0 spiro atoms. The summed E-state index contributed by atoms with van der Waals surface area (Å²) in [5, 5.41) is 1.87. The summed E-state index contributed by atoms with van der Waals surface area (Å²) >= 11 is 5.05. The van der Waals surface area contributed by atoms with Gasteiger partial charge in [0, 0.05) is 5.56 Å². The molecule has 0 unspecified atom stereocenters. The number of hydrogen-bond acceptors (Lipinski definition) is 4. The minimum Gasteiger partial charge on any atom is -0.496 e.